The van der Waals surface area contributed by atoms with E-state index in [0.717, 1.165) is 43.0 Å². The summed E-state index contributed by atoms with van der Waals surface area (Å²) in [4.78, 5) is 18.4. The molecule has 2 N–H and O–H groups in total. The first-order chi connectivity index (χ1) is 17.9. The van der Waals surface area contributed by atoms with Crippen LogP contribution in [0.15, 0.2) is 42.7 Å². The molecule has 0 bridgehead atoms. The number of carbonyl (C=O) groups excluding carboxylic acids is 1. The SMILES string of the molecule is CO[C@H]1CCO[C@H](C(=O)NC(C#N)Cc2cc3cc(-c4cc5c(C)nc(C)cn5c4)ccc3s2)CNC1. The molecular formula is C28H31N5O3S. The van der Waals surface area contributed by atoms with Crippen molar-refractivity contribution in [2.75, 3.05) is 26.8 Å². The summed E-state index contributed by atoms with van der Waals surface area (Å²) in [6.45, 7) is 5.54. The highest BCUT2D eigenvalue weighted by molar-refractivity contribution is 7.19. The number of nitrogens with zero attached hydrogens (tertiary/aromatic N) is 3. The zero-order valence-electron chi connectivity index (χ0n) is 21.3. The Labute approximate surface area is 220 Å². The molecule has 1 saturated heterocycles. The quantitative estimate of drug-likeness (QED) is 0.404. The summed E-state index contributed by atoms with van der Waals surface area (Å²) in [5.74, 6) is -0.265. The number of hydrogen-bond acceptors (Lipinski definition) is 7. The lowest BCUT2D eigenvalue weighted by Gasteiger charge is -2.25. The molecule has 8 nitrogen and oxygen atoms in total. The van der Waals surface area contributed by atoms with Gasteiger partial charge in [-0.25, -0.2) is 0 Å². The van der Waals surface area contributed by atoms with Gasteiger partial charge in [-0.15, -0.1) is 11.3 Å². The first kappa shape index (κ1) is 25.4. The van der Waals surface area contributed by atoms with E-state index in [9.17, 15) is 10.1 Å². The Balaban J connectivity index is 1.28. The Morgan fingerprint density at radius 3 is 2.97 bits per heavy atom. The molecule has 1 fully saturated rings. The normalized spacial score (nSPS) is 19.3. The molecule has 3 atom stereocenters. The third-order valence-electron chi connectivity index (χ3n) is 6.75. The number of carbonyl (C=O) groups is 1. The molecule has 37 heavy (non-hydrogen) atoms. The van der Waals surface area contributed by atoms with Crippen LogP contribution in [0.25, 0.3) is 26.7 Å². The van der Waals surface area contributed by atoms with E-state index in [0.29, 0.717) is 32.5 Å². The lowest BCUT2D eigenvalue weighted by molar-refractivity contribution is -0.134. The van der Waals surface area contributed by atoms with Gasteiger partial charge in [-0.2, -0.15) is 5.26 Å². The number of benzene rings is 1. The molecule has 0 aliphatic carbocycles. The van der Waals surface area contributed by atoms with Crippen LogP contribution >= 0.6 is 11.3 Å². The second-order valence-electron chi connectivity index (χ2n) is 9.51. The first-order valence-corrected chi connectivity index (χ1v) is 13.3. The average Bonchev–Trinajstić information content (AvgIpc) is 3.46. The van der Waals surface area contributed by atoms with Gasteiger partial charge in [0.25, 0.3) is 5.91 Å². The van der Waals surface area contributed by atoms with Gasteiger partial charge in [0.15, 0.2) is 0 Å². The van der Waals surface area contributed by atoms with Gasteiger partial charge in [-0.3, -0.25) is 9.78 Å². The average molecular weight is 518 g/mol. The number of fused-ring (bicyclic) bond motifs is 2. The highest BCUT2D eigenvalue weighted by Gasteiger charge is 2.25. The Hall–Kier alpha value is -3.29. The van der Waals surface area contributed by atoms with Gasteiger partial charge in [-0.05, 0) is 55.5 Å². The Morgan fingerprint density at radius 1 is 1.30 bits per heavy atom. The van der Waals surface area contributed by atoms with Crippen molar-refractivity contribution in [3.8, 4) is 17.2 Å². The summed E-state index contributed by atoms with van der Waals surface area (Å²) >= 11 is 1.65. The largest absolute Gasteiger partial charge is 0.380 e. The first-order valence-electron chi connectivity index (χ1n) is 12.5. The van der Waals surface area contributed by atoms with E-state index in [-0.39, 0.29) is 12.0 Å². The molecule has 9 heteroatoms. The molecule has 3 aromatic heterocycles. The molecule has 1 aliphatic heterocycles. The fourth-order valence-corrected chi connectivity index (χ4v) is 5.90. The van der Waals surface area contributed by atoms with Gasteiger partial charge in [0, 0.05) is 54.2 Å². The lowest BCUT2D eigenvalue weighted by atomic mass is 10.1. The van der Waals surface area contributed by atoms with Gasteiger partial charge < -0.3 is 24.5 Å². The van der Waals surface area contributed by atoms with Crippen LogP contribution in [0.3, 0.4) is 0 Å². The minimum absolute atomic E-state index is 0.0755. The number of methoxy groups -OCH3 is 1. The smallest absolute Gasteiger partial charge is 0.251 e. The number of nitrogens with one attached hydrogen (secondary N) is 2. The number of nitriles is 1. The minimum atomic E-state index is -0.628. The molecule has 1 amide bonds. The van der Waals surface area contributed by atoms with Gasteiger partial charge in [0.1, 0.15) is 12.1 Å². The van der Waals surface area contributed by atoms with Crippen LogP contribution < -0.4 is 10.6 Å². The van der Waals surface area contributed by atoms with Crippen LogP contribution in [0.1, 0.15) is 22.7 Å². The maximum absolute atomic E-state index is 12.8. The van der Waals surface area contributed by atoms with Crippen LogP contribution in [-0.2, 0) is 20.7 Å². The van der Waals surface area contributed by atoms with E-state index >= 15 is 0 Å². The van der Waals surface area contributed by atoms with Crippen LogP contribution in [0.2, 0.25) is 0 Å². The molecule has 0 radical (unpaired) electrons. The molecule has 192 valence electrons. The molecule has 1 aliphatic rings. The summed E-state index contributed by atoms with van der Waals surface area (Å²) in [5.41, 5.74) is 5.36. The highest BCUT2D eigenvalue weighted by Crippen LogP contribution is 2.32. The Kier molecular flexibility index (Phi) is 7.53. The number of aromatic nitrogens is 2. The van der Waals surface area contributed by atoms with Gasteiger partial charge in [-0.1, -0.05) is 6.07 Å². The third kappa shape index (κ3) is 5.68. The fraction of sp³-hybridized carbons (Fsp3) is 0.393. The van der Waals surface area contributed by atoms with E-state index in [1.54, 1.807) is 18.4 Å². The molecular weight excluding hydrogens is 486 g/mol. The van der Waals surface area contributed by atoms with Crippen LogP contribution in [-0.4, -0.2) is 60.3 Å². The number of ether oxygens (including phenoxy) is 2. The number of rotatable bonds is 6. The summed E-state index contributed by atoms with van der Waals surface area (Å²) < 4.78 is 14.4. The predicted octanol–water partition coefficient (Wildman–Crippen LogP) is 3.78. The maximum atomic E-state index is 12.8. The molecule has 0 saturated carbocycles. The fourth-order valence-electron chi connectivity index (χ4n) is 4.81. The molecule has 5 rings (SSSR count). The van der Waals surface area contributed by atoms with Crippen molar-refractivity contribution in [3.63, 3.8) is 0 Å². The van der Waals surface area contributed by atoms with Gasteiger partial charge in [0.05, 0.1) is 35.7 Å². The van der Waals surface area contributed by atoms with E-state index in [1.165, 1.54) is 0 Å². The monoisotopic (exact) mass is 517 g/mol. The summed E-state index contributed by atoms with van der Waals surface area (Å²) in [6.07, 6.45) is 4.79. The van der Waals surface area contributed by atoms with E-state index in [4.69, 9.17) is 9.47 Å². The van der Waals surface area contributed by atoms with E-state index in [2.05, 4.69) is 62.6 Å². The predicted molar refractivity (Wildman–Crippen MR) is 145 cm³/mol. The van der Waals surface area contributed by atoms with Crippen molar-refractivity contribution < 1.29 is 14.3 Å². The van der Waals surface area contributed by atoms with Crippen molar-refractivity contribution >= 4 is 32.8 Å². The van der Waals surface area contributed by atoms with Crippen molar-refractivity contribution in [2.45, 2.75) is 44.9 Å². The van der Waals surface area contributed by atoms with E-state index in [1.807, 2.05) is 20.0 Å². The molecule has 1 unspecified atom stereocenters. The Morgan fingerprint density at radius 2 is 2.16 bits per heavy atom. The second kappa shape index (κ2) is 11.0. The zero-order valence-corrected chi connectivity index (χ0v) is 22.1. The number of thiophene rings is 1. The topological polar surface area (TPSA) is 101 Å². The van der Waals surface area contributed by atoms with Crippen LogP contribution in [0.5, 0.6) is 0 Å². The number of hydrogen-bond donors (Lipinski definition) is 2. The molecule has 0 spiro atoms. The van der Waals surface area contributed by atoms with E-state index < -0.39 is 12.1 Å². The van der Waals surface area contributed by atoms with Crippen molar-refractivity contribution in [3.05, 3.63) is 59.0 Å². The van der Waals surface area contributed by atoms with Crippen molar-refractivity contribution in [1.29, 1.82) is 5.26 Å². The molecule has 1 aromatic carbocycles. The number of aryl methyl sites for hydroxylation is 2. The lowest BCUT2D eigenvalue weighted by Crippen LogP contribution is -2.49. The summed E-state index contributed by atoms with van der Waals surface area (Å²) in [7, 11) is 1.67. The van der Waals surface area contributed by atoms with Crippen LogP contribution in [0.4, 0.5) is 0 Å². The standard InChI is InChI=1S/C28H31N5O3S/c1-17-15-33-16-21(10-25(33)18(2)31-17)19-4-5-27-20(8-19)9-24(37-27)11-22(12-29)32-28(34)26-14-30-13-23(35-3)6-7-36-26/h4-5,8-10,15-16,22-23,26,30H,6-7,11,13-14H2,1-3H3,(H,32,34)/t22?,23-,26-/m0/s1. The van der Waals surface area contributed by atoms with Crippen molar-refractivity contribution in [2.24, 2.45) is 0 Å². The molecule has 4 aromatic rings. The van der Waals surface area contributed by atoms with Crippen LogP contribution in [0, 0.1) is 25.2 Å². The summed E-state index contributed by atoms with van der Waals surface area (Å²) in [5, 5.41) is 16.9. The highest BCUT2D eigenvalue weighted by atomic mass is 32.1. The molecule has 4 heterocycles. The van der Waals surface area contributed by atoms with Gasteiger partial charge in [0.2, 0.25) is 0 Å². The third-order valence-corrected chi connectivity index (χ3v) is 7.89. The maximum Gasteiger partial charge on any atom is 0.251 e. The van der Waals surface area contributed by atoms with Crippen molar-refractivity contribution in [1.82, 2.24) is 20.0 Å². The second-order valence-corrected chi connectivity index (χ2v) is 10.7. The Bertz CT molecular complexity index is 1460. The minimum Gasteiger partial charge on any atom is -0.380 e. The summed E-state index contributed by atoms with van der Waals surface area (Å²) in [6, 6.07) is 12.3. The number of amides is 1. The zero-order chi connectivity index (χ0) is 25.9. The van der Waals surface area contributed by atoms with Gasteiger partial charge >= 0.3 is 0 Å².